The number of piperazine rings is 1. The summed E-state index contributed by atoms with van der Waals surface area (Å²) in [6.45, 7) is 4.38. The molecule has 2 aromatic rings. The molecule has 4 rings (SSSR count). The standard InChI is InChI=1S/C23H30N2O2/c1-24-12-14-25(15-13-24)21-8-4-5-9-22(21)27-23(26)17-18-10-11-19-6-2-3-7-20(19)16-18/h2-3,6-7,10-11,16,21-22H,4-5,8-9,12-15,17H2,1H3. The zero-order chi connectivity index (χ0) is 18.6. The van der Waals surface area contributed by atoms with Gasteiger partial charge >= 0.3 is 5.97 Å². The van der Waals surface area contributed by atoms with Gasteiger partial charge in [-0.05, 0) is 42.6 Å². The summed E-state index contributed by atoms with van der Waals surface area (Å²) in [5.74, 6) is -0.0868. The largest absolute Gasteiger partial charge is 0.460 e. The summed E-state index contributed by atoms with van der Waals surface area (Å²) in [6.07, 6.45) is 4.97. The fraction of sp³-hybridized carbons (Fsp3) is 0.522. The highest BCUT2D eigenvalue weighted by atomic mass is 16.5. The Labute approximate surface area is 162 Å². The zero-order valence-electron chi connectivity index (χ0n) is 16.3. The molecule has 1 saturated heterocycles. The second-order valence-corrected chi connectivity index (χ2v) is 8.08. The fourth-order valence-electron chi connectivity index (χ4n) is 4.51. The van der Waals surface area contributed by atoms with Gasteiger partial charge in [-0.2, -0.15) is 0 Å². The number of carbonyl (C=O) groups excluding carboxylic acids is 1. The number of benzene rings is 2. The first-order valence-electron chi connectivity index (χ1n) is 10.3. The second-order valence-electron chi connectivity index (χ2n) is 8.08. The second kappa shape index (κ2) is 8.41. The lowest BCUT2D eigenvalue weighted by atomic mass is 9.90. The van der Waals surface area contributed by atoms with Crippen LogP contribution in [0.1, 0.15) is 31.2 Å². The summed E-state index contributed by atoms with van der Waals surface area (Å²) in [7, 11) is 2.18. The zero-order valence-corrected chi connectivity index (χ0v) is 16.3. The average Bonchev–Trinajstić information content (AvgIpc) is 2.69. The van der Waals surface area contributed by atoms with E-state index >= 15 is 0 Å². The molecule has 1 heterocycles. The highest BCUT2D eigenvalue weighted by molar-refractivity contribution is 5.84. The third kappa shape index (κ3) is 4.50. The van der Waals surface area contributed by atoms with Crippen LogP contribution in [0.5, 0.6) is 0 Å². The van der Waals surface area contributed by atoms with Gasteiger partial charge in [0, 0.05) is 32.2 Å². The Morgan fingerprint density at radius 3 is 2.56 bits per heavy atom. The van der Waals surface area contributed by atoms with Gasteiger partial charge in [-0.1, -0.05) is 48.9 Å². The van der Waals surface area contributed by atoms with Crippen molar-refractivity contribution in [3.8, 4) is 0 Å². The molecule has 1 aliphatic carbocycles. The van der Waals surface area contributed by atoms with Gasteiger partial charge in [0.1, 0.15) is 6.10 Å². The van der Waals surface area contributed by atoms with Crippen molar-refractivity contribution in [2.45, 2.75) is 44.2 Å². The Balaban J connectivity index is 1.39. The summed E-state index contributed by atoms with van der Waals surface area (Å²) in [5.41, 5.74) is 1.03. The van der Waals surface area contributed by atoms with Crippen molar-refractivity contribution in [2.75, 3.05) is 33.2 Å². The molecule has 2 fully saturated rings. The number of ether oxygens (including phenoxy) is 1. The molecule has 0 bridgehead atoms. The normalized spacial score (nSPS) is 24.8. The predicted octanol–water partition coefficient (Wildman–Crippen LogP) is 3.48. The minimum atomic E-state index is -0.0868. The van der Waals surface area contributed by atoms with E-state index in [2.05, 4.69) is 41.1 Å². The lowest BCUT2D eigenvalue weighted by Crippen LogP contribution is -2.54. The van der Waals surface area contributed by atoms with Gasteiger partial charge in [-0.3, -0.25) is 9.69 Å². The summed E-state index contributed by atoms with van der Waals surface area (Å²) in [6, 6.07) is 14.9. The number of carbonyl (C=O) groups is 1. The Morgan fingerprint density at radius 1 is 1.00 bits per heavy atom. The van der Waals surface area contributed by atoms with E-state index < -0.39 is 0 Å². The van der Waals surface area contributed by atoms with E-state index in [9.17, 15) is 4.79 Å². The lowest BCUT2D eigenvalue weighted by molar-refractivity contribution is -0.154. The van der Waals surface area contributed by atoms with Crippen molar-refractivity contribution in [1.29, 1.82) is 0 Å². The van der Waals surface area contributed by atoms with E-state index in [0.29, 0.717) is 12.5 Å². The van der Waals surface area contributed by atoms with Gasteiger partial charge in [0.15, 0.2) is 0 Å². The molecule has 2 aromatic carbocycles. The highest BCUT2D eigenvalue weighted by Crippen LogP contribution is 2.27. The number of likely N-dealkylation sites (N-methyl/N-ethyl adjacent to an activating group) is 1. The van der Waals surface area contributed by atoms with Crippen LogP contribution >= 0.6 is 0 Å². The molecule has 4 nitrogen and oxygen atoms in total. The Bertz CT molecular complexity index is 783. The third-order valence-corrected chi connectivity index (χ3v) is 6.12. The van der Waals surface area contributed by atoms with Crippen molar-refractivity contribution in [3.05, 3.63) is 48.0 Å². The van der Waals surface area contributed by atoms with Crippen LogP contribution in [0.25, 0.3) is 10.8 Å². The number of nitrogens with zero attached hydrogens (tertiary/aromatic N) is 2. The monoisotopic (exact) mass is 366 g/mol. The summed E-state index contributed by atoms with van der Waals surface area (Å²) >= 11 is 0. The van der Waals surface area contributed by atoms with E-state index in [4.69, 9.17) is 4.74 Å². The SMILES string of the molecule is CN1CCN(C2CCCCC2OC(=O)Cc2ccc3ccccc3c2)CC1. The first-order chi connectivity index (χ1) is 13.2. The maximum atomic E-state index is 12.6. The third-order valence-electron chi connectivity index (χ3n) is 6.12. The van der Waals surface area contributed by atoms with Gasteiger partial charge in [-0.15, -0.1) is 0 Å². The summed E-state index contributed by atoms with van der Waals surface area (Å²) < 4.78 is 6.01. The molecule has 0 N–H and O–H groups in total. The van der Waals surface area contributed by atoms with E-state index in [1.807, 2.05) is 18.2 Å². The first kappa shape index (κ1) is 18.5. The van der Waals surface area contributed by atoms with E-state index in [1.54, 1.807) is 0 Å². The highest BCUT2D eigenvalue weighted by Gasteiger charge is 2.33. The molecule has 144 valence electrons. The summed E-state index contributed by atoms with van der Waals surface area (Å²) in [4.78, 5) is 17.6. The average molecular weight is 367 g/mol. The van der Waals surface area contributed by atoms with Crippen LogP contribution in [-0.2, 0) is 16.0 Å². The minimum absolute atomic E-state index is 0.0510. The van der Waals surface area contributed by atoms with Crippen LogP contribution in [-0.4, -0.2) is 61.1 Å². The van der Waals surface area contributed by atoms with Crippen molar-refractivity contribution in [3.63, 3.8) is 0 Å². The van der Waals surface area contributed by atoms with E-state index in [-0.39, 0.29) is 12.1 Å². The number of rotatable bonds is 4. The molecule has 2 unspecified atom stereocenters. The molecule has 27 heavy (non-hydrogen) atoms. The lowest BCUT2D eigenvalue weighted by Gasteiger charge is -2.43. The number of hydrogen-bond donors (Lipinski definition) is 0. The van der Waals surface area contributed by atoms with E-state index in [0.717, 1.165) is 51.0 Å². The van der Waals surface area contributed by atoms with Gasteiger partial charge < -0.3 is 9.64 Å². The topological polar surface area (TPSA) is 32.8 Å². The molecule has 0 spiro atoms. The van der Waals surface area contributed by atoms with Crippen molar-refractivity contribution in [2.24, 2.45) is 0 Å². The van der Waals surface area contributed by atoms with Crippen molar-refractivity contribution < 1.29 is 9.53 Å². The van der Waals surface area contributed by atoms with Crippen LogP contribution in [0.4, 0.5) is 0 Å². The first-order valence-corrected chi connectivity index (χ1v) is 10.3. The number of hydrogen-bond acceptors (Lipinski definition) is 4. The fourth-order valence-corrected chi connectivity index (χ4v) is 4.51. The molecule has 2 aliphatic rings. The molecule has 0 radical (unpaired) electrons. The van der Waals surface area contributed by atoms with Gasteiger partial charge in [0.2, 0.25) is 0 Å². The van der Waals surface area contributed by atoms with Crippen molar-refractivity contribution in [1.82, 2.24) is 9.80 Å². The molecular weight excluding hydrogens is 336 g/mol. The molecule has 2 atom stereocenters. The Kier molecular flexibility index (Phi) is 5.74. The van der Waals surface area contributed by atoms with Crippen LogP contribution < -0.4 is 0 Å². The van der Waals surface area contributed by atoms with Gasteiger partial charge in [-0.25, -0.2) is 0 Å². The number of esters is 1. The molecule has 0 amide bonds. The molecular formula is C23H30N2O2. The van der Waals surface area contributed by atoms with Crippen LogP contribution in [0.15, 0.2) is 42.5 Å². The van der Waals surface area contributed by atoms with E-state index in [1.165, 1.54) is 17.2 Å². The minimum Gasteiger partial charge on any atom is -0.460 e. The predicted molar refractivity (Wildman–Crippen MR) is 109 cm³/mol. The molecule has 0 aromatic heterocycles. The molecule has 4 heteroatoms. The smallest absolute Gasteiger partial charge is 0.310 e. The molecule has 1 saturated carbocycles. The summed E-state index contributed by atoms with van der Waals surface area (Å²) in [5, 5.41) is 2.38. The van der Waals surface area contributed by atoms with Crippen molar-refractivity contribution >= 4 is 16.7 Å². The van der Waals surface area contributed by atoms with Crippen LogP contribution in [0.2, 0.25) is 0 Å². The van der Waals surface area contributed by atoms with Gasteiger partial charge in [0.05, 0.1) is 6.42 Å². The maximum Gasteiger partial charge on any atom is 0.310 e. The van der Waals surface area contributed by atoms with Crippen LogP contribution in [0.3, 0.4) is 0 Å². The Morgan fingerprint density at radius 2 is 1.74 bits per heavy atom. The maximum absolute atomic E-state index is 12.6. The molecule has 1 aliphatic heterocycles. The quantitative estimate of drug-likeness (QED) is 0.776. The van der Waals surface area contributed by atoms with Gasteiger partial charge in [0.25, 0.3) is 0 Å². The van der Waals surface area contributed by atoms with Crippen LogP contribution in [0, 0.1) is 0 Å². The number of fused-ring (bicyclic) bond motifs is 1. The Hall–Kier alpha value is -1.91.